The van der Waals surface area contributed by atoms with E-state index in [1.165, 1.54) is 0 Å². The molecule has 19 heavy (non-hydrogen) atoms. The van der Waals surface area contributed by atoms with Crippen molar-refractivity contribution in [1.82, 2.24) is 0 Å². The molecule has 0 radical (unpaired) electrons. The number of aryl methyl sites for hydroxylation is 1. The second kappa shape index (κ2) is 6.23. The molecular weight excluding hydrogens is 324 g/mol. The molecule has 1 nitrogen and oxygen atoms in total. The largest absolute Gasteiger partial charge is 0.380 e. The van der Waals surface area contributed by atoms with E-state index in [1.54, 1.807) is 12.1 Å². The predicted octanol–water partition coefficient (Wildman–Crippen LogP) is 6.22. The number of hydrogen-bond donors (Lipinski definition) is 1. The van der Waals surface area contributed by atoms with Crippen LogP contribution in [0.5, 0.6) is 0 Å². The molecule has 0 saturated carbocycles. The molecule has 1 N–H and O–H groups in total. The quantitative estimate of drug-likeness (QED) is 0.657. The van der Waals surface area contributed by atoms with Crippen molar-refractivity contribution in [2.75, 3.05) is 5.32 Å². The molecule has 0 aliphatic rings. The normalized spacial score (nSPS) is 10.6. The third-order valence-corrected chi connectivity index (χ3v) is 4.07. The molecule has 5 heteroatoms. The molecule has 0 heterocycles. The van der Waals surface area contributed by atoms with Crippen LogP contribution in [0, 0.1) is 6.92 Å². The summed E-state index contributed by atoms with van der Waals surface area (Å²) in [7, 11) is 0. The van der Waals surface area contributed by atoms with Crippen molar-refractivity contribution in [3.63, 3.8) is 0 Å². The van der Waals surface area contributed by atoms with E-state index >= 15 is 0 Å². The molecule has 2 rings (SSSR count). The number of benzene rings is 2. The predicted molar refractivity (Wildman–Crippen MR) is 85.0 cm³/mol. The Morgan fingerprint density at radius 2 is 1.53 bits per heavy atom. The molecule has 0 bridgehead atoms. The van der Waals surface area contributed by atoms with E-state index in [-0.39, 0.29) is 0 Å². The maximum atomic E-state index is 6.17. The maximum absolute atomic E-state index is 6.17. The van der Waals surface area contributed by atoms with Gasteiger partial charge in [0.2, 0.25) is 0 Å². The molecular formula is C14H11Cl4N. The standard InChI is InChI=1S/C14H11Cl4N/c1-8-2-3-9(10(15)4-8)7-19-14-6-12(17)11(16)5-13(14)18/h2-6,19H,7H2,1H3. The Morgan fingerprint density at radius 3 is 2.21 bits per heavy atom. The lowest BCUT2D eigenvalue weighted by Crippen LogP contribution is -2.01. The van der Waals surface area contributed by atoms with Crippen LogP contribution in [-0.4, -0.2) is 0 Å². The molecule has 0 saturated heterocycles. The number of halogens is 4. The van der Waals surface area contributed by atoms with Crippen molar-refractivity contribution in [3.05, 3.63) is 61.5 Å². The van der Waals surface area contributed by atoms with E-state index in [4.69, 9.17) is 46.4 Å². The summed E-state index contributed by atoms with van der Waals surface area (Å²) in [5.74, 6) is 0. The number of anilines is 1. The highest BCUT2D eigenvalue weighted by atomic mass is 35.5. The van der Waals surface area contributed by atoms with E-state index < -0.39 is 0 Å². The molecule has 100 valence electrons. The van der Waals surface area contributed by atoms with Gasteiger partial charge in [-0.05, 0) is 36.2 Å². The Morgan fingerprint density at radius 1 is 0.842 bits per heavy atom. The second-order valence-electron chi connectivity index (χ2n) is 4.19. The van der Waals surface area contributed by atoms with Crippen LogP contribution < -0.4 is 5.32 Å². The second-order valence-corrected chi connectivity index (χ2v) is 5.82. The Hall–Kier alpha value is -0.600. The van der Waals surface area contributed by atoms with Crippen LogP contribution in [0.3, 0.4) is 0 Å². The summed E-state index contributed by atoms with van der Waals surface area (Å²) in [6.45, 7) is 2.57. The molecule has 0 aromatic heterocycles. The molecule has 2 aromatic rings. The first-order valence-electron chi connectivity index (χ1n) is 5.61. The SMILES string of the molecule is Cc1ccc(CNc2cc(Cl)c(Cl)cc2Cl)c(Cl)c1. The summed E-state index contributed by atoms with van der Waals surface area (Å²) in [6, 6.07) is 9.24. The van der Waals surface area contributed by atoms with Gasteiger partial charge < -0.3 is 5.32 Å². The van der Waals surface area contributed by atoms with Crippen LogP contribution in [0.15, 0.2) is 30.3 Å². The van der Waals surface area contributed by atoms with Crippen LogP contribution >= 0.6 is 46.4 Å². The Kier molecular flexibility index (Phi) is 4.86. The van der Waals surface area contributed by atoms with E-state index in [0.29, 0.717) is 21.6 Å². The van der Waals surface area contributed by atoms with Gasteiger partial charge in [0.1, 0.15) is 0 Å². The van der Waals surface area contributed by atoms with Gasteiger partial charge in [-0.15, -0.1) is 0 Å². The molecule has 2 aromatic carbocycles. The first-order chi connectivity index (χ1) is 8.97. The van der Waals surface area contributed by atoms with Crippen molar-refractivity contribution in [3.8, 4) is 0 Å². The summed E-state index contributed by atoms with van der Waals surface area (Å²) < 4.78 is 0. The van der Waals surface area contributed by atoms with Gasteiger partial charge in [-0.3, -0.25) is 0 Å². The zero-order valence-electron chi connectivity index (χ0n) is 10.1. The highest BCUT2D eigenvalue weighted by Gasteiger charge is 2.07. The van der Waals surface area contributed by atoms with Crippen LogP contribution in [-0.2, 0) is 6.54 Å². The van der Waals surface area contributed by atoms with Gasteiger partial charge in [0.15, 0.2) is 0 Å². The zero-order chi connectivity index (χ0) is 14.0. The van der Waals surface area contributed by atoms with Crippen LogP contribution in [0.25, 0.3) is 0 Å². The lowest BCUT2D eigenvalue weighted by atomic mass is 10.1. The summed E-state index contributed by atoms with van der Waals surface area (Å²) in [6.07, 6.45) is 0. The third kappa shape index (κ3) is 3.70. The van der Waals surface area contributed by atoms with E-state index in [1.807, 2.05) is 25.1 Å². The highest BCUT2D eigenvalue weighted by Crippen LogP contribution is 2.32. The molecule has 0 amide bonds. The van der Waals surface area contributed by atoms with E-state index in [9.17, 15) is 0 Å². The fourth-order valence-electron chi connectivity index (χ4n) is 1.64. The topological polar surface area (TPSA) is 12.0 Å². The molecule has 0 unspecified atom stereocenters. The average molecular weight is 335 g/mol. The average Bonchev–Trinajstić information content (AvgIpc) is 2.34. The van der Waals surface area contributed by atoms with E-state index in [0.717, 1.165) is 21.8 Å². The lowest BCUT2D eigenvalue weighted by molar-refractivity contribution is 1.14. The first kappa shape index (κ1) is 14.8. The molecule has 0 aliphatic carbocycles. The Labute approximate surface area is 132 Å². The van der Waals surface area contributed by atoms with Crippen molar-refractivity contribution >= 4 is 52.1 Å². The minimum Gasteiger partial charge on any atom is -0.380 e. The van der Waals surface area contributed by atoms with Gasteiger partial charge >= 0.3 is 0 Å². The molecule has 0 fully saturated rings. The fourth-order valence-corrected chi connectivity index (χ4v) is 2.56. The smallest absolute Gasteiger partial charge is 0.0653 e. The van der Waals surface area contributed by atoms with Crippen LogP contribution in [0.4, 0.5) is 5.69 Å². The first-order valence-corrected chi connectivity index (χ1v) is 7.12. The summed E-state index contributed by atoms with van der Waals surface area (Å²) in [5.41, 5.74) is 2.85. The number of nitrogens with one attached hydrogen (secondary N) is 1. The maximum Gasteiger partial charge on any atom is 0.0653 e. The minimum absolute atomic E-state index is 0.436. The van der Waals surface area contributed by atoms with Crippen molar-refractivity contribution in [1.29, 1.82) is 0 Å². The fraction of sp³-hybridized carbons (Fsp3) is 0.143. The van der Waals surface area contributed by atoms with Crippen LogP contribution in [0.2, 0.25) is 20.1 Å². The van der Waals surface area contributed by atoms with Crippen molar-refractivity contribution in [2.24, 2.45) is 0 Å². The number of rotatable bonds is 3. The molecule has 0 atom stereocenters. The Bertz CT molecular complexity index is 611. The molecule has 0 aliphatic heterocycles. The van der Waals surface area contributed by atoms with Crippen LogP contribution in [0.1, 0.15) is 11.1 Å². The minimum atomic E-state index is 0.436. The summed E-state index contributed by atoms with van der Waals surface area (Å²) in [5, 5.41) is 5.35. The van der Waals surface area contributed by atoms with Gasteiger partial charge in [-0.2, -0.15) is 0 Å². The summed E-state index contributed by atoms with van der Waals surface area (Å²) >= 11 is 24.1. The monoisotopic (exact) mass is 333 g/mol. The van der Waals surface area contributed by atoms with Gasteiger partial charge in [0.05, 0.1) is 20.8 Å². The van der Waals surface area contributed by atoms with Gasteiger partial charge in [-0.25, -0.2) is 0 Å². The number of hydrogen-bond acceptors (Lipinski definition) is 1. The summed E-state index contributed by atoms with van der Waals surface area (Å²) in [4.78, 5) is 0. The third-order valence-electron chi connectivity index (χ3n) is 2.69. The highest BCUT2D eigenvalue weighted by molar-refractivity contribution is 6.44. The van der Waals surface area contributed by atoms with Gasteiger partial charge in [0.25, 0.3) is 0 Å². The van der Waals surface area contributed by atoms with E-state index in [2.05, 4.69) is 5.32 Å². The van der Waals surface area contributed by atoms with Gasteiger partial charge in [0, 0.05) is 11.6 Å². The van der Waals surface area contributed by atoms with Crippen molar-refractivity contribution in [2.45, 2.75) is 13.5 Å². The lowest BCUT2D eigenvalue weighted by Gasteiger charge is -2.11. The zero-order valence-corrected chi connectivity index (χ0v) is 13.1. The van der Waals surface area contributed by atoms with Gasteiger partial charge in [-0.1, -0.05) is 58.5 Å². The molecule has 0 spiro atoms. The van der Waals surface area contributed by atoms with Crippen molar-refractivity contribution < 1.29 is 0 Å². The Balaban J connectivity index is 2.16.